The fraction of sp³-hybridized carbons (Fsp3) is 0.0444. The number of allylic oxidation sites excluding steroid dienone is 4. The Morgan fingerprint density at radius 3 is 1.84 bits per heavy atom. The molecule has 2 aromatic heterocycles. The van der Waals surface area contributed by atoms with Gasteiger partial charge in [-0.2, -0.15) is 15.8 Å². The van der Waals surface area contributed by atoms with Gasteiger partial charge in [-0.25, -0.2) is 0 Å². The van der Waals surface area contributed by atoms with Crippen LogP contribution in [0, 0.1) is 39.9 Å². The summed E-state index contributed by atoms with van der Waals surface area (Å²) in [5, 5.41) is 35.6. The van der Waals surface area contributed by atoms with Crippen molar-refractivity contribution >= 4 is 49.3 Å². The maximum atomic E-state index is 11.0. The highest BCUT2D eigenvalue weighted by Crippen LogP contribution is 2.46. The second-order valence-electron chi connectivity index (χ2n) is 12.6. The van der Waals surface area contributed by atoms with Crippen molar-refractivity contribution in [2.75, 3.05) is 0 Å². The van der Waals surface area contributed by atoms with Gasteiger partial charge < -0.3 is 9.13 Å². The Morgan fingerprint density at radius 1 is 0.540 bits per heavy atom. The van der Waals surface area contributed by atoms with E-state index in [4.69, 9.17) is 0 Å². The SMILES string of the molecule is N#Cc1ccc2c(c1)c1ccccc1n2-c1cccc(C#N)c1-c1ccccc1C1C=CC=C(n2c3ccccc3c3ccccc32)C1C#N. The van der Waals surface area contributed by atoms with E-state index in [9.17, 15) is 15.8 Å². The standard InChI is InChI=1S/C45H27N5/c46-26-29-23-24-43-37(25-29)35-15-5-8-20-41(35)50(43)44-22-9-11-30(27-47)45(44)36-16-2-1-12-31(36)32-17-10-21-42(38(32)28-48)49-39-18-6-3-13-33(39)34-14-4-7-19-40(34)49/h1-25,32,38H. The summed E-state index contributed by atoms with van der Waals surface area (Å²) in [5.74, 6) is -0.789. The number of hydrogen-bond donors (Lipinski definition) is 0. The number of rotatable bonds is 4. The number of aromatic nitrogens is 2. The van der Waals surface area contributed by atoms with Crippen LogP contribution in [0.5, 0.6) is 0 Å². The van der Waals surface area contributed by atoms with Crippen LogP contribution in [-0.4, -0.2) is 9.13 Å². The number of nitrogens with zero attached hydrogens (tertiary/aromatic N) is 5. The zero-order valence-corrected chi connectivity index (χ0v) is 26.8. The van der Waals surface area contributed by atoms with E-state index in [-0.39, 0.29) is 5.92 Å². The number of hydrogen-bond acceptors (Lipinski definition) is 3. The van der Waals surface area contributed by atoms with Crippen molar-refractivity contribution in [3.05, 3.63) is 168 Å². The van der Waals surface area contributed by atoms with Gasteiger partial charge >= 0.3 is 0 Å². The molecule has 0 amide bonds. The molecule has 2 atom stereocenters. The van der Waals surface area contributed by atoms with E-state index in [1.165, 1.54) is 0 Å². The van der Waals surface area contributed by atoms with Gasteiger partial charge in [0.15, 0.2) is 0 Å². The van der Waals surface area contributed by atoms with E-state index in [0.717, 1.165) is 71.7 Å². The Hall–Kier alpha value is -7.13. The lowest BCUT2D eigenvalue weighted by Gasteiger charge is -2.29. The molecule has 0 fully saturated rings. The minimum atomic E-state index is -0.504. The predicted molar refractivity (Wildman–Crippen MR) is 200 cm³/mol. The Morgan fingerprint density at radius 2 is 1.16 bits per heavy atom. The molecule has 2 unspecified atom stereocenters. The molecule has 0 spiro atoms. The van der Waals surface area contributed by atoms with Gasteiger partial charge in [0.2, 0.25) is 0 Å². The van der Waals surface area contributed by atoms with Crippen molar-refractivity contribution in [2.24, 2.45) is 5.92 Å². The third kappa shape index (κ3) is 4.23. The van der Waals surface area contributed by atoms with E-state index in [0.29, 0.717) is 11.1 Å². The molecule has 0 saturated carbocycles. The molecule has 1 aliphatic rings. The maximum Gasteiger partial charge on any atom is 0.0998 e. The second kappa shape index (κ2) is 11.5. The fourth-order valence-electron chi connectivity index (χ4n) is 7.94. The lowest BCUT2D eigenvalue weighted by Crippen LogP contribution is -2.18. The minimum Gasteiger partial charge on any atom is -0.312 e. The Labute approximate surface area is 288 Å². The highest BCUT2D eigenvalue weighted by atomic mass is 15.0. The monoisotopic (exact) mass is 637 g/mol. The van der Waals surface area contributed by atoms with Crippen LogP contribution >= 0.6 is 0 Å². The molecular formula is C45H27N5. The molecule has 1 aliphatic carbocycles. The van der Waals surface area contributed by atoms with E-state index < -0.39 is 5.92 Å². The third-order valence-electron chi connectivity index (χ3n) is 10.0. The lowest BCUT2D eigenvalue weighted by atomic mass is 9.78. The molecule has 0 radical (unpaired) electrons. The smallest absolute Gasteiger partial charge is 0.0998 e. The number of nitriles is 3. The summed E-state index contributed by atoms with van der Waals surface area (Å²) in [5.41, 5.74) is 9.63. The van der Waals surface area contributed by atoms with Crippen LogP contribution in [0.25, 0.3) is 66.1 Å². The highest BCUT2D eigenvalue weighted by Gasteiger charge is 2.32. The minimum absolute atomic E-state index is 0.285. The molecule has 50 heavy (non-hydrogen) atoms. The summed E-state index contributed by atoms with van der Waals surface area (Å²) < 4.78 is 4.43. The number of para-hydroxylation sites is 3. The van der Waals surface area contributed by atoms with Crippen LogP contribution in [0.15, 0.2) is 152 Å². The van der Waals surface area contributed by atoms with Crippen LogP contribution < -0.4 is 0 Å². The summed E-state index contributed by atoms with van der Waals surface area (Å²) in [7, 11) is 0. The number of benzene rings is 6. The van der Waals surface area contributed by atoms with Gasteiger partial charge in [0.05, 0.1) is 63.0 Å². The van der Waals surface area contributed by atoms with Crippen LogP contribution in [0.3, 0.4) is 0 Å². The van der Waals surface area contributed by atoms with Crippen molar-refractivity contribution < 1.29 is 0 Å². The average molecular weight is 638 g/mol. The molecule has 0 saturated heterocycles. The van der Waals surface area contributed by atoms with Gasteiger partial charge in [0.25, 0.3) is 0 Å². The largest absolute Gasteiger partial charge is 0.312 e. The predicted octanol–water partition coefficient (Wildman–Crippen LogP) is 10.6. The molecule has 8 aromatic rings. The average Bonchev–Trinajstić information content (AvgIpc) is 3.69. The summed E-state index contributed by atoms with van der Waals surface area (Å²) >= 11 is 0. The van der Waals surface area contributed by atoms with Gasteiger partial charge in [-0.15, -0.1) is 0 Å². The molecule has 6 aromatic carbocycles. The molecule has 5 heteroatoms. The summed E-state index contributed by atoms with van der Waals surface area (Å²) in [6.07, 6.45) is 6.24. The first-order chi connectivity index (χ1) is 24.7. The van der Waals surface area contributed by atoms with Crippen molar-refractivity contribution in [3.63, 3.8) is 0 Å². The van der Waals surface area contributed by atoms with Crippen LogP contribution in [-0.2, 0) is 0 Å². The first kappa shape index (κ1) is 29.0. The summed E-state index contributed by atoms with van der Waals surface area (Å²) in [6, 6.07) is 52.1. The molecule has 5 nitrogen and oxygen atoms in total. The van der Waals surface area contributed by atoms with Gasteiger partial charge in [0, 0.05) is 38.7 Å². The molecular weight excluding hydrogens is 611 g/mol. The summed E-state index contributed by atoms with van der Waals surface area (Å²) in [6.45, 7) is 0. The molecule has 0 N–H and O–H groups in total. The van der Waals surface area contributed by atoms with Crippen molar-refractivity contribution in [3.8, 4) is 35.0 Å². The molecule has 9 rings (SSSR count). The molecule has 0 bridgehead atoms. The van der Waals surface area contributed by atoms with Crippen molar-refractivity contribution in [1.29, 1.82) is 15.8 Å². The van der Waals surface area contributed by atoms with E-state index >= 15 is 0 Å². The van der Waals surface area contributed by atoms with E-state index in [1.807, 2.05) is 66.7 Å². The first-order valence-corrected chi connectivity index (χ1v) is 16.5. The third-order valence-corrected chi connectivity index (χ3v) is 10.0. The summed E-state index contributed by atoms with van der Waals surface area (Å²) in [4.78, 5) is 0. The Kier molecular flexibility index (Phi) is 6.70. The zero-order valence-electron chi connectivity index (χ0n) is 26.8. The highest BCUT2D eigenvalue weighted by molar-refractivity contribution is 6.11. The van der Waals surface area contributed by atoms with Gasteiger partial charge in [0.1, 0.15) is 0 Å². The quantitative estimate of drug-likeness (QED) is 0.193. The van der Waals surface area contributed by atoms with Gasteiger partial charge in [-0.05, 0) is 65.7 Å². The maximum absolute atomic E-state index is 11.0. The Balaban J connectivity index is 1.27. The number of fused-ring (bicyclic) bond motifs is 6. The molecule has 0 aliphatic heterocycles. The zero-order chi connectivity index (χ0) is 33.8. The van der Waals surface area contributed by atoms with Crippen molar-refractivity contribution in [1.82, 2.24) is 9.13 Å². The molecule has 232 valence electrons. The van der Waals surface area contributed by atoms with Crippen molar-refractivity contribution in [2.45, 2.75) is 5.92 Å². The van der Waals surface area contributed by atoms with Gasteiger partial charge in [-0.3, -0.25) is 0 Å². The normalized spacial score (nSPS) is 15.6. The topological polar surface area (TPSA) is 81.2 Å². The first-order valence-electron chi connectivity index (χ1n) is 16.5. The lowest BCUT2D eigenvalue weighted by molar-refractivity contribution is 0.705. The van der Waals surface area contributed by atoms with Crippen LogP contribution in [0.1, 0.15) is 22.6 Å². The van der Waals surface area contributed by atoms with Gasteiger partial charge in [-0.1, -0.05) is 97.1 Å². The fourth-order valence-corrected chi connectivity index (χ4v) is 7.94. The Bertz CT molecular complexity index is 2820. The van der Waals surface area contributed by atoms with E-state index in [2.05, 4.69) is 112 Å². The molecule has 2 heterocycles. The van der Waals surface area contributed by atoms with Crippen LogP contribution in [0.2, 0.25) is 0 Å². The van der Waals surface area contributed by atoms with Crippen LogP contribution in [0.4, 0.5) is 0 Å². The van der Waals surface area contributed by atoms with E-state index in [1.54, 1.807) is 0 Å². The second-order valence-corrected chi connectivity index (χ2v) is 12.6.